The van der Waals surface area contributed by atoms with Gasteiger partial charge in [0.25, 0.3) is 0 Å². The third-order valence-electron chi connectivity index (χ3n) is 1.85. The van der Waals surface area contributed by atoms with Crippen molar-refractivity contribution in [3.63, 3.8) is 0 Å². The lowest BCUT2D eigenvalue weighted by Gasteiger charge is -2.15. The van der Waals surface area contributed by atoms with Gasteiger partial charge >= 0.3 is 7.82 Å². The van der Waals surface area contributed by atoms with E-state index in [0.29, 0.717) is 0 Å². The Balaban J connectivity index is 2.46. The Morgan fingerprint density at radius 3 is 2.71 bits per heavy atom. The third-order valence-corrected chi connectivity index (χ3v) is 2.81. The molecule has 2 unspecified atom stereocenters. The molecular weight excluding hydrogens is 215 g/mol. The van der Waals surface area contributed by atoms with Gasteiger partial charge in [0, 0.05) is 13.5 Å². The van der Waals surface area contributed by atoms with Gasteiger partial charge in [0.2, 0.25) is 0 Å². The van der Waals surface area contributed by atoms with E-state index in [1.54, 1.807) is 0 Å². The molecule has 0 aromatic carbocycles. The quantitative estimate of drug-likeness (QED) is 0.542. The smallest absolute Gasteiger partial charge is 0.394 e. The molecule has 1 heterocycles. The van der Waals surface area contributed by atoms with Crippen LogP contribution in [0.3, 0.4) is 0 Å². The van der Waals surface area contributed by atoms with Gasteiger partial charge in [-0.15, -0.1) is 0 Å². The molecule has 0 aromatic rings. The first-order valence-corrected chi connectivity index (χ1v) is 5.49. The molecule has 0 spiro atoms. The van der Waals surface area contributed by atoms with Gasteiger partial charge in [0.15, 0.2) is 6.29 Å². The van der Waals surface area contributed by atoms with E-state index in [4.69, 9.17) is 14.7 Å². The zero-order valence-electron chi connectivity index (χ0n) is 7.57. The van der Waals surface area contributed by atoms with Crippen LogP contribution in [0.15, 0.2) is 0 Å². The van der Waals surface area contributed by atoms with Gasteiger partial charge in [0.1, 0.15) is 6.10 Å². The second-order valence-corrected chi connectivity index (χ2v) is 4.36. The minimum Gasteiger partial charge on any atom is -0.394 e. The van der Waals surface area contributed by atoms with Crippen LogP contribution in [0.2, 0.25) is 0 Å². The molecule has 0 aliphatic carbocycles. The summed E-state index contributed by atoms with van der Waals surface area (Å²) >= 11 is 0. The van der Waals surface area contributed by atoms with Crippen LogP contribution in [0.4, 0.5) is 0 Å². The van der Waals surface area contributed by atoms with Crippen LogP contribution in [0.1, 0.15) is 6.42 Å². The number of phosphoric ester groups is 1. The van der Waals surface area contributed by atoms with Gasteiger partial charge in [-0.1, -0.05) is 0 Å². The largest absolute Gasteiger partial charge is 0.474 e. The van der Waals surface area contributed by atoms with Crippen molar-refractivity contribution in [2.24, 2.45) is 0 Å². The molecule has 0 amide bonds. The van der Waals surface area contributed by atoms with Crippen molar-refractivity contribution in [3.8, 4) is 0 Å². The first-order valence-electron chi connectivity index (χ1n) is 4.00. The molecule has 1 fully saturated rings. The van der Waals surface area contributed by atoms with Crippen LogP contribution in [0, 0.1) is 0 Å². The van der Waals surface area contributed by atoms with Crippen molar-refractivity contribution in [1.29, 1.82) is 0 Å². The second-order valence-electron chi connectivity index (χ2n) is 2.85. The van der Waals surface area contributed by atoms with Crippen molar-refractivity contribution < 1.29 is 33.5 Å². The highest BCUT2D eigenvalue weighted by atomic mass is 31.2. The molecule has 8 heteroatoms. The lowest BCUT2D eigenvalue weighted by Crippen LogP contribution is -2.24. The molecule has 84 valence electrons. The first-order chi connectivity index (χ1) is 6.48. The van der Waals surface area contributed by atoms with Crippen molar-refractivity contribution in [2.45, 2.75) is 24.9 Å². The predicted molar refractivity (Wildman–Crippen MR) is 44.3 cm³/mol. The van der Waals surface area contributed by atoms with E-state index >= 15 is 0 Å². The van der Waals surface area contributed by atoms with Gasteiger partial charge in [-0.3, -0.25) is 9.05 Å². The maximum Gasteiger partial charge on any atom is 0.474 e. The number of rotatable bonds is 4. The molecule has 1 aliphatic rings. The minimum absolute atomic E-state index is 0.0269. The predicted octanol–water partition coefficient (Wildman–Crippen LogP) is -0.782. The monoisotopic (exact) mass is 228 g/mol. The molecular formula is C6H13O7P. The van der Waals surface area contributed by atoms with Crippen LogP contribution in [0.5, 0.6) is 0 Å². The first kappa shape index (κ1) is 12.1. The van der Waals surface area contributed by atoms with E-state index in [0.717, 1.165) is 7.11 Å². The van der Waals surface area contributed by atoms with Crippen molar-refractivity contribution in [3.05, 3.63) is 0 Å². The van der Waals surface area contributed by atoms with Gasteiger partial charge in [-0.05, 0) is 0 Å². The fraction of sp³-hybridized carbons (Fsp3) is 1.00. The van der Waals surface area contributed by atoms with Crippen LogP contribution < -0.4 is 0 Å². The summed E-state index contributed by atoms with van der Waals surface area (Å²) in [4.78, 5) is 8.92. The van der Waals surface area contributed by atoms with Crippen LogP contribution >= 0.6 is 7.82 Å². The van der Waals surface area contributed by atoms with Crippen molar-refractivity contribution in [2.75, 3.05) is 13.7 Å². The highest BCUT2D eigenvalue weighted by Crippen LogP contribution is 2.45. The Kier molecular flexibility index (Phi) is 4.03. The Morgan fingerprint density at radius 2 is 2.29 bits per heavy atom. The number of phosphoric acid groups is 1. The van der Waals surface area contributed by atoms with Crippen molar-refractivity contribution in [1.82, 2.24) is 0 Å². The molecule has 1 rings (SSSR count). The number of aliphatic hydroxyl groups is 2. The maximum absolute atomic E-state index is 10.9. The maximum atomic E-state index is 10.9. The van der Waals surface area contributed by atoms with E-state index in [1.165, 1.54) is 0 Å². The van der Waals surface area contributed by atoms with E-state index in [1.807, 2.05) is 0 Å². The third kappa shape index (κ3) is 2.99. The van der Waals surface area contributed by atoms with Crippen LogP contribution in [-0.2, 0) is 18.3 Å². The molecule has 3 N–H and O–H groups in total. The van der Waals surface area contributed by atoms with E-state index in [2.05, 4.69) is 9.05 Å². The SMILES string of the molecule is COP(=O)(O)OC1C[C@@H](O)[C@H](CO)O1. The normalized spacial score (nSPS) is 37.0. The lowest BCUT2D eigenvalue weighted by atomic mass is 10.2. The fourth-order valence-electron chi connectivity index (χ4n) is 1.11. The Morgan fingerprint density at radius 1 is 1.64 bits per heavy atom. The molecule has 0 saturated carbocycles. The molecule has 0 bridgehead atoms. The number of aliphatic hydroxyl groups excluding tert-OH is 2. The average Bonchev–Trinajstić information content (AvgIpc) is 2.45. The summed E-state index contributed by atoms with van der Waals surface area (Å²) in [6.45, 7) is -0.371. The highest BCUT2D eigenvalue weighted by Gasteiger charge is 2.38. The summed E-state index contributed by atoms with van der Waals surface area (Å²) in [7, 11) is -3.08. The van der Waals surface area contributed by atoms with Crippen molar-refractivity contribution >= 4 is 7.82 Å². The summed E-state index contributed by atoms with van der Waals surface area (Å²) in [5.74, 6) is 0. The molecule has 0 aromatic heterocycles. The van der Waals surface area contributed by atoms with E-state index in [9.17, 15) is 9.67 Å². The Labute approximate surface area is 80.8 Å². The van der Waals surface area contributed by atoms with E-state index < -0.39 is 26.3 Å². The molecule has 1 aliphatic heterocycles. The number of hydrogen-bond acceptors (Lipinski definition) is 6. The molecule has 7 nitrogen and oxygen atoms in total. The summed E-state index contributed by atoms with van der Waals surface area (Å²) in [6.07, 6.45) is -2.68. The number of ether oxygens (including phenoxy) is 1. The van der Waals surface area contributed by atoms with E-state index in [-0.39, 0.29) is 13.0 Å². The standard InChI is InChI=1S/C6H13O7P/c1-11-14(9,10)13-6-2-4(8)5(3-7)12-6/h4-8H,2-3H2,1H3,(H,9,10)/t4-,5+,6?/m1/s1. The lowest BCUT2D eigenvalue weighted by molar-refractivity contribution is -0.103. The fourth-order valence-corrected chi connectivity index (χ4v) is 1.63. The number of hydrogen-bond donors (Lipinski definition) is 3. The Hall–Kier alpha value is -0.0100. The summed E-state index contributed by atoms with van der Waals surface area (Å²) < 4.78 is 24.6. The topological polar surface area (TPSA) is 105 Å². The summed E-state index contributed by atoms with van der Waals surface area (Å²) in [6, 6.07) is 0. The van der Waals surface area contributed by atoms with Gasteiger partial charge in [-0.2, -0.15) is 0 Å². The van der Waals surface area contributed by atoms with Crippen LogP contribution in [0.25, 0.3) is 0 Å². The van der Waals surface area contributed by atoms with Gasteiger partial charge < -0.3 is 19.8 Å². The molecule has 4 atom stereocenters. The molecule has 1 saturated heterocycles. The molecule has 14 heavy (non-hydrogen) atoms. The summed E-state index contributed by atoms with van der Waals surface area (Å²) in [5.41, 5.74) is 0. The zero-order valence-corrected chi connectivity index (χ0v) is 8.46. The van der Waals surface area contributed by atoms with Gasteiger partial charge in [-0.25, -0.2) is 4.57 Å². The molecule has 0 radical (unpaired) electrons. The second kappa shape index (κ2) is 4.67. The van der Waals surface area contributed by atoms with Crippen LogP contribution in [-0.4, -0.2) is 47.3 Å². The van der Waals surface area contributed by atoms with Gasteiger partial charge in [0.05, 0.1) is 12.7 Å². The highest BCUT2D eigenvalue weighted by molar-refractivity contribution is 7.47. The Bertz CT molecular complexity index is 232. The minimum atomic E-state index is -4.10. The summed E-state index contributed by atoms with van der Waals surface area (Å²) in [5, 5.41) is 18.0. The average molecular weight is 228 g/mol. The zero-order chi connectivity index (χ0) is 10.8.